The molecule has 3 aromatic carbocycles. The van der Waals surface area contributed by atoms with Gasteiger partial charge in [0.25, 0.3) is 17.7 Å². The van der Waals surface area contributed by atoms with Gasteiger partial charge in [-0.3, -0.25) is 33.8 Å². The molecule has 0 aliphatic rings. The zero-order chi connectivity index (χ0) is 63.6. The number of nitrogens with one attached hydrogen (secondary N) is 3. The van der Waals surface area contributed by atoms with Crippen molar-refractivity contribution in [3.8, 4) is 40.2 Å². The van der Waals surface area contributed by atoms with Gasteiger partial charge in [-0.2, -0.15) is 4.39 Å². The van der Waals surface area contributed by atoms with Crippen molar-refractivity contribution in [1.29, 1.82) is 0 Å². The van der Waals surface area contributed by atoms with E-state index in [0.29, 0.717) is 29.1 Å². The Morgan fingerprint density at radius 1 is 0.477 bits per heavy atom. The molecule has 22 nitrogen and oxygen atoms in total. The molecule has 3 N–H and O–H groups in total. The number of aryl methyl sites for hydroxylation is 1. The number of oxazole rings is 3. The summed E-state index contributed by atoms with van der Waals surface area (Å²) in [6.45, 7) is 7.45. The third-order valence-electron chi connectivity index (χ3n) is 13.0. The lowest BCUT2D eigenvalue weighted by Gasteiger charge is -2.17. The average Bonchev–Trinajstić information content (AvgIpc) is 4.42. The molecule has 0 fully saturated rings. The van der Waals surface area contributed by atoms with Crippen molar-refractivity contribution in [3.05, 3.63) is 191 Å². The first kappa shape index (κ1) is 64.6. The topological polar surface area (TPSA) is 274 Å². The van der Waals surface area contributed by atoms with Gasteiger partial charge in [-0.05, 0) is 84.8 Å². The molecule has 456 valence electrons. The number of hydrogen-bond acceptors (Lipinski definition) is 16. The summed E-state index contributed by atoms with van der Waals surface area (Å²) in [5.74, 6) is -3.95. The van der Waals surface area contributed by atoms with Gasteiger partial charge in [-0.25, -0.2) is 38.1 Å². The zero-order valence-corrected chi connectivity index (χ0v) is 49.0. The summed E-state index contributed by atoms with van der Waals surface area (Å²) >= 11 is 0. The molecule has 0 unspecified atom stereocenters. The third-order valence-corrected chi connectivity index (χ3v) is 13.0. The molecular formula is C62H60F4N12O10. The number of halogens is 4. The lowest BCUT2D eigenvalue weighted by Crippen LogP contribution is -2.25. The van der Waals surface area contributed by atoms with Crippen LogP contribution in [0.3, 0.4) is 0 Å². The predicted octanol–water partition coefficient (Wildman–Crippen LogP) is 9.99. The summed E-state index contributed by atoms with van der Waals surface area (Å²) in [5, 5.41) is 7.93. The zero-order valence-electron chi connectivity index (χ0n) is 49.0. The Bertz CT molecular complexity index is 3930. The Labute approximate surface area is 502 Å². The van der Waals surface area contributed by atoms with Crippen molar-refractivity contribution in [2.24, 2.45) is 0 Å². The first-order valence-corrected chi connectivity index (χ1v) is 27.1. The number of benzene rings is 3. The summed E-state index contributed by atoms with van der Waals surface area (Å²) in [7, 11) is 6.03. The minimum Gasteiger partial charge on any atom is -0.481 e. The van der Waals surface area contributed by atoms with Crippen molar-refractivity contribution < 1.29 is 64.3 Å². The van der Waals surface area contributed by atoms with Crippen molar-refractivity contribution in [3.63, 3.8) is 0 Å². The molecule has 0 aliphatic carbocycles. The first-order chi connectivity index (χ1) is 42.2. The molecule has 0 spiro atoms. The first-order valence-electron chi connectivity index (χ1n) is 27.1. The van der Waals surface area contributed by atoms with Crippen LogP contribution in [0.5, 0.6) is 5.88 Å². The van der Waals surface area contributed by atoms with Crippen molar-refractivity contribution in [2.75, 3.05) is 43.0 Å². The van der Waals surface area contributed by atoms with E-state index < -0.39 is 41.1 Å². The van der Waals surface area contributed by atoms with Gasteiger partial charge in [0.1, 0.15) is 17.5 Å². The molecule has 9 aromatic rings. The maximum Gasteiger partial charge on any atom is 0.289 e. The minimum absolute atomic E-state index is 0.00534. The number of rotatable bonds is 19. The lowest BCUT2D eigenvalue weighted by molar-refractivity contribution is -0.118. The number of nitrogens with zero attached hydrogens (tertiary/aromatic N) is 9. The summed E-state index contributed by atoms with van der Waals surface area (Å²) in [6.07, 6.45) is 9.14. The SMILES string of the molecule is CCC(=O)N(C)c1ccc(-c2ncc(C(=O)NCc3ccc(C)nc3)o2)cc1F.CCC(=O)N(C)c1ccc(-c2ncc(C(=O)NCc3ccc(OC)nc3)o2)cc1F.CCC(=O)N(C)c1ccc(-c2ncc(C(=O)NCc3cccnc3F)o2)cc1F. The van der Waals surface area contributed by atoms with Crippen LogP contribution in [-0.2, 0) is 34.0 Å². The van der Waals surface area contributed by atoms with E-state index in [4.69, 9.17) is 18.0 Å². The summed E-state index contributed by atoms with van der Waals surface area (Å²) in [4.78, 5) is 99.6. The maximum atomic E-state index is 14.5. The summed E-state index contributed by atoms with van der Waals surface area (Å²) in [5.41, 5.74) is 4.23. The molecule has 9 rings (SSSR count). The highest BCUT2D eigenvalue weighted by molar-refractivity contribution is 5.95. The maximum absolute atomic E-state index is 14.5. The summed E-state index contributed by atoms with van der Waals surface area (Å²) < 4.78 is 78.1. The van der Waals surface area contributed by atoms with Gasteiger partial charge in [0.05, 0.1) is 42.8 Å². The van der Waals surface area contributed by atoms with Crippen LogP contribution in [0.25, 0.3) is 34.4 Å². The molecule has 0 bridgehead atoms. The molecule has 26 heteroatoms. The Morgan fingerprint density at radius 2 is 0.864 bits per heavy atom. The molecule has 0 saturated carbocycles. The number of carbonyl (C=O) groups excluding carboxylic acids is 6. The monoisotopic (exact) mass is 1210 g/mol. The van der Waals surface area contributed by atoms with E-state index in [-0.39, 0.29) is 108 Å². The number of hydrogen-bond donors (Lipinski definition) is 3. The Kier molecular flexibility index (Phi) is 22.2. The van der Waals surface area contributed by atoms with Crippen molar-refractivity contribution in [1.82, 2.24) is 45.9 Å². The minimum atomic E-state index is -0.673. The van der Waals surface area contributed by atoms with Gasteiger partial charge < -0.3 is 48.6 Å². The van der Waals surface area contributed by atoms with Gasteiger partial charge in [-0.15, -0.1) is 0 Å². The quantitative estimate of drug-likeness (QED) is 0.0502. The van der Waals surface area contributed by atoms with E-state index in [1.54, 1.807) is 63.5 Å². The third kappa shape index (κ3) is 16.7. The van der Waals surface area contributed by atoms with Crippen LogP contribution in [0.15, 0.2) is 141 Å². The van der Waals surface area contributed by atoms with Gasteiger partial charge in [-0.1, -0.05) is 39.0 Å². The van der Waals surface area contributed by atoms with Crippen LogP contribution in [0.4, 0.5) is 34.6 Å². The molecule has 0 radical (unpaired) electrons. The number of pyridine rings is 3. The van der Waals surface area contributed by atoms with E-state index in [0.717, 1.165) is 16.8 Å². The number of amides is 6. The normalized spacial score (nSPS) is 10.6. The second-order valence-corrected chi connectivity index (χ2v) is 19.0. The Balaban J connectivity index is 0.000000188. The number of aromatic nitrogens is 6. The van der Waals surface area contributed by atoms with Crippen LogP contribution in [0, 0.1) is 30.3 Å². The van der Waals surface area contributed by atoms with Gasteiger partial charge in [0, 0.05) is 113 Å². The second kappa shape index (κ2) is 30.2. The highest BCUT2D eigenvalue weighted by atomic mass is 19.1. The fourth-order valence-electron chi connectivity index (χ4n) is 7.98. The Morgan fingerprint density at radius 3 is 1.19 bits per heavy atom. The molecule has 0 saturated heterocycles. The number of methoxy groups -OCH3 is 1. The second-order valence-electron chi connectivity index (χ2n) is 19.0. The van der Waals surface area contributed by atoms with E-state index in [2.05, 4.69) is 45.9 Å². The molecular weight excluding hydrogens is 1150 g/mol. The van der Waals surface area contributed by atoms with E-state index in [1.807, 2.05) is 19.1 Å². The Hall–Kier alpha value is -10.9. The predicted molar refractivity (Wildman–Crippen MR) is 314 cm³/mol. The van der Waals surface area contributed by atoms with Gasteiger partial charge >= 0.3 is 0 Å². The largest absolute Gasteiger partial charge is 0.481 e. The molecule has 0 atom stereocenters. The van der Waals surface area contributed by atoms with E-state index in [9.17, 15) is 46.3 Å². The number of carbonyl (C=O) groups is 6. The van der Waals surface area contributed by atoms with E-state index >= 15 is 0 Å². The van der Waals surface area contributed by atoms with Gasteiger partial charge in [0.2, 0.25) is 64.5 Å². The molecule has 6 amide bonds. The van der Waals surface area contributed by atoms with Crippen LogP contribution >= 0.6 is 0 Å². The fourth-order valence-corrected chi connectivity index (χ4v) is 7.98. The fraction of sp³-hybridized carbons (Fsp3) is 0.226. The van der Waals surface area contributed by atoms with Gasteiger partial charge in [0.15, 0.2) is 0 Å². The van der Waals surface area contributed by atoms with Crippen LogP contribution in [0.2, 0.25) is 0 Å². The summed E-state index contributed by atoms with van der Waals surface area (Å²) in [6, 6.07) is 23.0. The molecule has 88 heavy (non-hydrogen) atoms. The molecule has 6 heterocycles. The number of anilines is 3. The molecule has 6 aromatic heterocycles. The van der Waals surface area contributed by atoms with Crippen LogP contribution in [0.1, 0.15) is 94.1 Å². The van der Waals surface area contributed by atoms with Crippen LogP contribution in [-0.4, -0.2) is 93.6 Å². The highest BCUT2D eigenvalue weighted by Crippen LogP contribution is 2.30. The van der Waals surface area contributed by atoms with Crippen molar-refractivity contribution >= 4 is 52.5 Å². The standard InChI is InChI=1S/C21H21FN4O4.C21H21FN4O3.C20H18F2N4O3/c1-4-19(27)26(2)16-7-6-14(9-15(16)22)21-25-12-17(30-21)20(28)24-11-13-5-8-18(29-3)23-10-13;1-4-19(27)26(3)17-8-7-15(9-16(17)22)21-25-12-18(29-21)20(28)24-11-14-6-5-13(2)23-10-14;1-3-17(27)26(2)15-7-6-12(9-14(15)21)20-25-11-16(29-20)19(28)24-10-13-5-4-8-23-18(13)22/h5-10,12H,4,11H2,1-3H3,(H,24,28);5-10,12H,4,11H2,1-3H3,(H,24,28);4-9,11H,3,10H2,1-2H3,(H,24,28). The number of ether oxygens (including phenoxy) is 1. The van der Waals surface area contributed by atoms with Crippen molar-refractivity contribution in [2.45, 2.75) is 66.6 Å². The lowest BCUT2D eigenvalue weighted by atomic mass is 10.2. The van der Waals surface area contributed by atoms with Crippen LogP contribution < -0.4 is 35.4 Å². The smallest absolute Gasteiger partial charge is 0.289 e. The average molecular weight is 1210 g/mol. The van der Waals surface area contributed by atoms with E-state index in [1.165, 1.54) is 116 Å². The highest BCUT2D eigenvalue weighted by Gasteiger charge is 2.22. The molecule has 0 aliphatic heterocycles.